The molecule has 5 rings (SSSR count). The first-order chi connectivity index (χ1) is 21.4. The number of para-hydroxylation sites is 2. The molecule has 0 spiro atoms. The fraction of sp³-hybridized carbons (Fsp3) is 0.207. The smallest absolute Gasteiger partial charge is 0.416 e. The summed E-state index contributed by atoms with van der Waals surface area (Å²) in [6.07, 6.45) is -3.51. The molecule has 2 fully saturated rings. The summed E-state index contributed by atoms with van der Waals surface area (Å²) in [5, 5.41) is 13.6. The number of nitrogens with one attached hydrogen (secondary N) is 1. The van der Waals surface area contributed by atoms with Crippen molar-refractivity contribution in [1.29, 1.82) is 0 Å². The van der Waals surface area contributed by atoms with E-state index >= 15 is 0 Å². The molecule has 234 valence electrons. The molecule has 0 bridgehead atoms. The van der Waals surface area contributed by atoms with Gasteiger partial charge in [-0.25, -0.2) is 0 Å². The van der Waals surface area contributed by atoms with Gasteiger partial charge in [-0.1, -0.05) is 28.1 Å². The van der Waals surface area contributed by atoms with Crippen LogP contribution in [0.3, 0.4) is 0 Å². The third-order valence-electron chi connectivity index (χ3n) is 6.67. The highest BCUT2D eigenvalue weighted by Crippen LogP contribution is 2.40. The highest BCUT2D eigenvalue weighted by Gasteiger charge is 2.37. The van der Waals surface area contributed by atoms with Gasteiger partial charge in [0.05, 0.1) is 40.0 Å². The molecular formula is C29H22BrF3N4O7S. The minimum Gasteiger partial charge on any atom is -0.449 e. The fourth-order valence-corrected chi connectivity index (χ4v) is 5.74. The molecule has 2 heterocycles. The number of ether oxygens (including phenoxy) is 2. The van der Waals surface area contributed by atoms with Crippen molar-refractivity contribution in [3.8, 4) is 11.5 Å². The number of imide groups is 1. The van der Waals surface area contributed by atoms with Crippen molar-refractivity contribution in [3.63, 3.8) is 0 Å². The predicted molar refractivity (Wildman–Crippen MR) is 163 cm³/mol. The van der Waals surface area contributed by atoms with Crippen LogP contribution in [0.2, 0.25) is 0 Å². The molecule has 0 unspecified atom stereocenters. The topological polar surface area (TPSA) is 131 Å². The maximum atomic E-state index is 13.2. The van der Waals surface area contributed by atoms with Gasteiger partial charge in [0, 0.05) is 29.2 Å². The van der Waals surface area contributed by atoms with Gasteiger partial charge in [-0.15, -0.1) is 0 Å². The number of hydrogen-bond donors (Lipinski definition) is 1. The molecule has 3 aromatic carbocycles. The first-order valence-corrected chi connectivity index (χ1v) is 14.8. The Hall–Kier alpha value is -4.41. The number of rotatable bonds is 8. The van der Waals surface area contributed by atoms with Crippen molar-refractivity contribution in [2.24, 2.45) is 0 Å². The van der Waals surface area contributed by atoms with E-state index in [0.29, 0.717) is 60.4 Å². The lowest BCUT2D eigenvalue weighted by Gasteiger charge is -2.30. The van der Waals surface area contributed by atoms with Crippen LogP contribution in [0.15, 0.2) is 70.0 Å². The largest absolute Gasteiger partial charge is 0.449 e. The zero-order valence-corrected chi connectivity index (χ0v) is 25.4. The number of morpholine rings is 1. The summed E-state index contributed by atoms with van der Waals surface area (Å²) in [5.74, 6) is -1.86. The number of benzene rings is 3. The van der Waals surface area contributed by atoms with Gasteiger partial charge in [0.15, 0.2) is 0 Å². The van der Waals surface area contributed by atoms with E-state index in [1.54, 1.807) is 12.1 Å². The Labute approximate surface area is 266 Å². The summed E-state index contributed by atoms with van der Waals surface area (Å²) in [7, 11) is 0. The summed E-state index contributed by atoms with van der Waals surface area (Å²) in [6, 6.07) is 13.4. The van der Waals surface area contributed by atoms with Crippen LogP contribution >= 0.6 is 27.7 Å². The van der Waals surface area contributed by atoms with Crippen LogP contribution in [-0.2, 0) is 20.5 Å². The van der Waals surface area contributed by atoms with E-state index in [4.69, 9.17) is 9.47 Å². The van der Waals surface area contributed by atoms with Gasteiger partial charge in [-0.3, -0.25) is 29.4 Å². The third kappa shape index (κ3) is 7.46. The van der Waals surface area contributed by atoms with Crippen LogP contribution in [0.1, 0.15) is 11.1 Å². The number of anilines is 2. The minimum atomic E-state index is -4.81. The van der Waals surface area contributed by atoms with Crippen molar-refractivity contribution in [1.82, 2.24) is 4.90 Å². The Morgan fingerprint density at radius 3 is 2.51 bits per heavy atom. The molecule has 1 N–H and O–H groups in total. The molecule has 3 aromatic rings. The van der Waals surface area contributed by atoms with E-state index in [2.05, 4.69) is 26.1 Å². The van der Waals surface area contributed by atoms with E-state index < -0.39 is 51.7 Å². The van der Waals surface area contributed by atoms with E-state index in [1.807, 2.05) is 12.1 Å². The monoisotopic (exact) mass is 706 g/mol. The molecule has 11 nitrogen and oxygen atoms in total. The molecule has 2 aliphatic heterocycles. The standard InChI is InChI=1S/C29H22BrF3N4O7S/c30-19-6-8-23(44-24-7-5-18(29(31,32)33)15-22(24)37(41)42)17(13-19)14-25-27(39)36(28(40)45-25)16-26(38)34-20-3-1-2-4-21(20)35-9-11-43-12-10-35/h1-8,13-15H,9-12,16H2,(H,34,38)/b25-14+. The normalized spacial score (nSPS) is 16.3. The second kappa shape index (κ2) is 13.3. The lowest BCUT2D eigenvalue weighted by Crippen LogP contribution is -2.38. The van der Waals surface area contributed by atoms with Gasteiger partial charge in [-0.05, 0) is 60.3 Å². The van der Waals surface area contributed by atoms with E-state index in [1.165, 1.54) is 24.3 Å². The Morgan fingerprint density at radius 1 is 1.09 bits per heavy atom. The van der Waals surface area contributed by atoms with Gasteiger partial charge >= 0.3 is 11.9 Å². The molecule has 0 atom stereocenters. The zero-order valence-electron chi connectivity index (χ0n) is 23.0. The number of nitro groups is 1. The highest BCUT2D eigenvalue weighted by atomic mass is 79.9. The third-order valence-corrected chi connectivity index (χ3v) is 8.07. The molecule has 16 heteroatoms. The van der Waals surface area contributed by atoms with E-state index in [0.717, 1.165) is 16.7 Å². The maximum absolute atomic E-state index is 13.2. The summed E-state index contributed by atoms with van der Waals surface area (Å²) < 4.78 is 51.0. The number of amides is 3. The molecule has 2 aliphatic rings. The molecule has 2 saturated heterocycles. The Morgan fingerprint density at radius 2 is 1.80 bits per heavy atom. The zero-order chi connectivity index (χ0) is 32.3. The van der Waals surface area contributed by atoms with Crippen molar-refractivity contribution >= 4 is 67.9 Å². The van der Waals surface area contributed by atoms with Crippen molar-refractivity contribution in [3.05, 3.63) is 91.3 Å². The summed E-state index contributed by atoms with van der Waals surface area (Å²) in [4.78, 5) is 52.3. The fourth-order valence-electron chi connectivity index (χ4n) is 4.54. The van der Waals surface area contributed by atoms with Gasteiger partial charge in [-0.2, -0.15) is 13.2 Å². The number of hydrogen-bond acceptors (Lipinski definition) is 9. The molecule has 0 aliphatic carbocycles. The Bertz CT molecular complexity index is 1710. The Kier molecular flexibility index (Phi) is 9.45. The van der Waals surface area contributed by atoms with E-state index in [-0.39, 0.29) is 16.2 Å². The number of nitro benzene ring substituents is 1. The van der Waals surface area contributed by atoms with Gasteiger partial charge < -0.3 is 19.7 Å². The summed E-state index contributed by atoms with van der Waals surface area (Å²) in [6.45, 7) is 1.79. The van der Waals surface area contributed by atoms with Crippen molar-refractivity contribution in [2.75, 3.05) is 43.1 Å². The predicted octanol–water partition coefficient (Wildman–Crippen LogP) is 6.68. The molecule has 0 aromatic heterocycles. The average Bonchev–Trinajstić information content (AvgIpc) is 3.25. The second-order valence-electron chi connectivity index (χ2n) is 9.65. The van der Waals surface area contributed by atoms with Crippen LogP contribution in [0.5, 0.6) is 11.5 Å². The van der Waals surface area contributed by atoms with Crippen LogP contribution in [0.4, 0.5) is 35.0 Å². The molecular weight excluding hydrogens is 685 g/mol. The number of thioether (sulfide) groups is 1. The average molecular weight is 707 g/mol. The van der Waals surface area contributed by atoms with Crippen molar-refractivity contribution < 1.29 is 42.0 Å². The Balaban J connectivity index is 1.35. The molecule has 0 saturated carbocycles. The van der Waals surface area contributed by atoms with Crippen LogP contribution in [-0.4, -0.2) is 59.7 Å². The number of alkyl halides is 3. The molecule has 45 heavy (non-hydrogen) atoms. The molecule has 0 radical (unpaired) electrons. The second-order valence-corrected chi connectivity index (χ2v) is 11.6. The summed E-state index contributed by atoms with van der Waals surface area (Å²) >= 11 is 3.86. The lowest BCUT2D eigenvalue weighted by molar-refractivity contribution is -0.385. The van der Waals surface area contributed by atoms with Gasteiger partial charge in [0.25, 0.3) is 11.1 Å². The van der Waals surface area contributed by atoms with Crippen molar-refractivity contribution in [2.45, 2.75) is 6.18 Å². The summed E-state index contributed by atoms with van der Waals surface area (Å²) in [5.41, 5.74) is -0.660. The number of carbonyl (C=O) groups excluding carboxylic acids is 3. The van der Waals surface area contributed by atoms with E-state index in [9.17, 15) is 37.7 Å². The van der Waals surface area contributed by atoms with Gasteiger partial charge in [0.1, 0.15) is 12.3 Å². The first-order valence-electron chi connectivity index (χ1n) is 13.2. The van der Waals surface area contributed by atoms with Crippen LogP contribution in [0, 0.1) is 10.1 Å². The number of carbonyl (C=O) groups is 3. The maximum Gasteiger partial charge on any atom is 0.416 e. The minimum absolute atomic E-state index is 0.0367. The van der Waals surface area contributed by atoms with Crippen LogP contribution < -0.4 is 15.0 Å². The lowest BCUT2D eigenvalue weighted by atomic mass is 10.1. The number of nitrogens with zero attached hydrogens (tertiary/aromatic N) is 3. The highest BCUT2D eigenvalue weighted by molar-refractivity contribution is 9.10. The molecule has 3 amide bonds. The SMILES string of the molecule is O=C(CN1C(=O)S/C(=C/c2cc(Br)ccc2Oc2ccc(C(F)(F)F)cc2[N+](=O)[O-])C1=O)Nc1ccccc1N1CCOCC1. The van der Waals surface area contributed by atoms with Gasteiger partial charge in [0.2, 0.25) is 11.7 Å². The quantitative estimate of drug-likeness (QED) is 0.155. The number of halogens is 4. The van der Waals surface area contributed by atoms with Crippen LogP contribution in [0.25, 0.3) is 6.08 Å². The first kappa shape index (κ1) is 32.0.